The van der Waals surface area contributed by atoms with Gasteiger partial charge in [0.15, 0.2) is 17.5 Å². The standard InChI is InChI=1S/C26H24N6O/c1-17-16-18(2)32(29-17)25-22-21-14-9-15-30(21)26(33)31(20-12-7-4-8-13-20)24(22)27-23(28-25)19-10-5-3-6-11-19/h3-8,10-13,16,21H,9,14-15H2,1-2H3. The maximum atomic E-state index is 13.7. The summed E-state index contributed by atoms with van der Waals surface area (Å²) in [6.07, 6.45) is 1.84. The molecule has 2 aliphatic heterocycles. The maximum Gasteiger partial charge on any atom is 0.330 e. The van der Waals surface area contributed by atoms with Crippen molar-refractivity contribution in [2.75, 3.05) is 11.4 Å². The van der Waals surface area contributed by atoms with Crippen LogP contribution in [0.4, 0.5) is 16.3 Å². The van der Waals surface area contributed by atoms with E-state index in [1.54, 1.807) is 4.90 Å². The van der Waals surface area contributed by atoms with Gasteiger partial charge in [0.2, 0.25) is 0 Å². The number of carbonyl (C=O) groups is 1. The predicted molar refractivity (Wildman–Crippen MR) is 127 cm³/mol. The summed E-state index contributed by atoms with van der Waals surface area (Å²) in [6.45, 7) is 4.74. The second-order valence-corrected chi connectivity index (χ2v) is 8.62. The molecule has 0 radical (unpaired) electrons. The fourth-order valence-electron chi connectivity index (χ4n) is 4.96. The number of aromatic nitrogens is 4. The number of carbonyl (C=O) groups excluding carboxylic acids is 1. The number of para-hydroxylation sites is 1. The van der Waals surface area contributed by atoms with E-state index in [1.165, 1.54) is 0 Å². The van der Waals surface area contributed by atoms with Gasteiger partial charge in [0, 0.05) is 17.8 Å². The molecule has 6 rings (SSSR count). The lowest BCUT2D eigenvalue weighted by atomic mass is 10.0. The third-order valence-electron chi connectivity index (χ3n) is 6.40. The number of anilines is 2. The lowest BCUT2D eigenvalue weighted by Gasteiger charge is -2.39. The summed E-state index contributed by atoms with van der Waals surface area (Å²) < 4.78 is 1.90. The monoisotopic (exact) mass is 436 g/mol. The highest BCUT2D eigenvalue weighted by atomic mass is 16.2. The minimum atomic E-state index is -0.0591. The first-order valence-electron chi connectivity index (χ1n) is 11.3. The molecule has 4 heterocycles. The van der Waals surface area contributed by atoms with Gasteiger partial charge in [0.1, 0.15) is 0 Å². The molecule has 0 N–H and O–H groups in total. The third-order valence-corrected chi connectivity index (χ3v) is 6.40. The van der Waals surface area contributed by atoms with Gasteiger partial charge < -0.3 is 4.90 Å². The van der Waals surface area contributed by atoms with Crippen molar-refractivity contribution in [2.24, 2.45) is 0 Å². The average Bonchev–Trinajstić information content (AvgIpc) is 3.46. The lowest BCUT2D eigenvalue weighted by molar-refractivity contribution is 0.198. The van der Waals surface area contributed by atoms with Crippen LogP contribution in [0.25, 0.3) is 17.2 Å². The molecular weight excluding hydrogens is 412 g/mol. The van der Waals surface area contributed by atoms with Gasteiger partial charge in [-0.1, -0.05) is 48.5 Å². The van der Waals surface area contributed by atoms with E-state index in [4.69, 9.17) is 15.1 Å². The van der Waals surface area contributed by atoms with Crippen LogP contribution < -0.4 is 4.90 Å². The molecule has 1 atom stereocenters. The molecule has 2 aliphatic rings. The van der Waals surface area contributed by atoms with E-state index in [-0.39, 0.29) is 12.1 Å². The molecule has 164 valence electrons. The van der Waals surface area contributed by atoms with Gasteiger partial charge in [-0.2, -0.15) is 5.10 Å². The number of fused-ring (bicyclic) bond motifs is 3. The van der Waals surface area contributed by atoms with E-state index in [2.05, 4.69) is 0 Å². The van der Waals surface area contributed by atoms with Gasteiger partial charge in [-0.3, -0.25) is 0 Å². The van der Waals surface area contributed by atoms with Crippen molar-refractivity contribution >= 4 is 17.5 Å². The molecule has 0 saturated carbocycles. The minimum Gasteiger partial charge on any atom is -0.317 e. The molecule has 2 aromatic heterocycles. The van der Waals surface area contributed by atoms with E-state index in [0.29, 0.717) is 11.6 Å². The summed E-state index contributed by atoms with van der Waals surface area (Å²) in [7, 11) is 0. The van der Waals surface area contributed by atoms with Crippen LogP contribution in [-0.2, 0) is 0 Å². The minimum absolute atomic E-state index is 0.0340. The zero-order chi connectivity index (χ0) is 22.5. The first-order chi connectivity index (χ1) is 16.1. The number of hydrogen-bond acceptors (Lipinski definition) is 4. The summed E-state index contributed by atoms with van der Waals surface area (Å²) in [5, 5.41) is 4.76. The first-order valence-corrected chi connectivity index (χ1v) is 11.3. The van der Waals surface area contributed by atoms with Crippen molar-refractivity contribution in [1.82, 2.24) is 24.6 Å². The molecule has 0 bridgehead atoms. The molecule has 1 unspecified atom stereocenters. The van der Waals surface area contributed by atoms with Crippen molar-refractivity contribution < 1.29 is 4.79 Å². The summed E-state index contributed by atoms with van der Waals surface area (Å²) >= 11 is 0. The lowest BCUT2D eigenvalue weighted by Crippen LogP contribution is -2.46. The van der Waals surface area contributed by atoms with Crippen LogP contribution in [0.15, 0.2) is 66.7 Å². The van der Waals surface area contributed by atoms with Gasteiger partial charge in [-0.15, -0.1) is 0 Å². The van der Waals surface area contributed by atoms with Crippen LogP contribution in [0.2, 0.25) is 0 Å². The predicted octanol–water partition coefficient (Wildman–Crippen LogP) is 5.35. The normalized spacial score (nSPS) is 17.3. The molecule has 7 nitrogen and oxygen atoms in total. The second-order valence-electron chi connectivity index (χ2n) is 8.62. The van der Waals surface area contributed by atoms with Crippen molar-refractivity contribution in [3.05, 3.63) is 83.7 Å². The zero-order valence-electron chi connectivity index (χ0n) is 18.6. The van der Waals surface area contributed by atoms with E-state index < -0.39 is 0 Å². The van der Waals surface area contributed by atoms with Gasteiger partial charge in [0.25, 0.3) is 0 Å². The molecule has 4 aromatic rings. The number of nitrogens with zero attached hydrogens (tertiary/aromatic N) is 6. The van der Waals surface area contributed by atoms with Gasteiger partial charge in [-0.05, 0) is 44.9 Å². The quantitative estimate of drug-likeness (QED) is 0.434. The van der Waals surface area contributed by atoms with E-state index in [9.17, 15) is 4.79 Å². The number of rotatable bonds is 3. The van der Waals surface area contributed by atoms with Gasteiger partial charge in [-0.25, -0.2) is 24.3 Å². The Morgan fingerprint density at radius 2 is 1.61 bits per heavy atom. The Kier molecular flexibility index (Phi) is 4.50. The fraction of sp³-hybridized carbons (Fsp3) is 0.231. The summed E-state index contributed by atoms with van der Waals surface area (Å²) in [4.78, 5) is 27.4. The average molecular weight is 437 g/mol. The van der Waals surface area contributed by atoms with E-state index in [1.807, 2.05) is 90.2 Å². The SMILES string of the molecule is Cc1cc(C)n(-c2nc(-c3ccccc3)nc3c2C2CCCN2C(=O)N3c2ccccc2)n1. The van der Waals surface area contributed by atoms with Crippen LogP contribution in [0.5, 0.6) is 0 Å². The Labute approximate surface area is 192 Å². The summed E-state index contributed by atoms with van der Waals surface area (Å²) in [5.41, 5.74) is 4.58. The smallest absolute Gasteiger partial charge is 0.317 e. The highest BCUT2D eigenvalue weighted by Gasteiger charge is 2.44. The fourth-order valence-corrected chi connectivity index (χ4v) is 4.96. The molecule has 2 aromatic carbocycles. The Morgan fingerprint density at radius 1 is 0.909 bits per heavy atom. The number of aryl methyl sites for hydroxylation is 2. The van der Waals surface area contributed by atoms with Crippen LogP contribution in [0.3, 0.4) is 0 Å². The molecule has 1 fully saturated rings. The number of urea groups is 1. The highest BCUT2D eigenvalue weighted by molar-refractivity contribution is 6.02. The highest BCUT2D eigenvalue weighted by Crippen LogP contribution is 2.47. The van der Waals surface area contributed by atoms with Gasteiger partial charge >= 0.3 is 6.03 Å². The second kappa shape index (κ2) is 7.55. The van der Waals surface area contributed by atoms with Crippen LogP contribution in [0.1, 0.15) is 35.8 Å². The molecule has 0 aliphatic carbocycles. The molecule has 33 heavy (non-hydrogen) atoms. The molecule has 1 saturated heterocycles. The largest absolute Gasteiger partial charge is 0.330 e. The topological polar surface area (TPSA) is 67.2 Å². The van der Waals surface area contributed by atoms with Crippen molar-refractivity contribution in [2.45, 2.75) is 32.7 Å². The number of benzene rings is 2. The molecule has 2 amide bonds. The third kappa shape index (κ3) is 3.11. The Bertz CT molecular complexity index is 1350. The van der Waals surface area contributed by atoms with E-state index in [0.717, 1.165) is 53.4 Å². The van der Waals surface area contributed by atoms with Crippen LogP contribution in [0, 0.1) is 13.8 Å². The Morgan fingerprint density at radius 3 is 2.30 bits per heavy atom. The number of hydrogen-bond donors (Lipinski definition) is 0. The molecular formula is C26H24N6O. The Balaban J connectivity index is 1.68. The van der Waals surface area contributed by atoms with Crippen molar-refractivity contribution in [3.63, 3.8) is 0 Å². The van der Waals surface area contributed by atoms with Crippen LogP contribution >= 0.6 is 0 Å². The summed E-state index contributed by atoms with van der Waals surface area (Å²) in [5.74, 6) is 1.97. The molecule has 0 spiro atoms. The first kappa shape index (κ1) is 19.7. The van der Waals surface area contributed by atoms with Crippen molar-refractivity contribution in [1.29, 1.82) is 0 Å². The van der Waals surface area contributed by atoms with E-state index >= 15 is 0 Å². The summed E-state index contributed by atoms with van der Waals surface area (Å²) in [6, 6.07) is 21.6. The molecule has 7 heteroatoms. The Hall–Kier alpha value is -4.00. The van der Waals surface area contributed by atoms with Crippen LogP contribution in [-0.4, -0.2) is 37.2 Å². The van der Waals surface area contributed by atoms with Crippen molar-refractivity contribution in [3.8, 4) is 17.2 Å². The zero-order valence-corrected chi connectivity index (χ0v) is 18.6. The maximum absolute atomic E-state index is 13.7. The number of amides is 2. The van der Waals surface area contributed by atoms with Gasteiger partial charge in [0.05, 0.1) is 23.0 Å².